The van der Waals surface area contributed by atoms with Crippen molar-refractivity contribution in [2.75, 3.05) is 25.0 Å². The van der Waals surface area contributed by atoms with E-state index in [9.17, 15) is 9.59 Å². The maximum Gasteiger partial charge on any atom is 0.341 e. The molecule has 1 aromatic heterocycles. The van der Waals surface area contributed by atoms with E-state index in [2.05, 4.69) is 22.3 Å². The molecule has 0 aliphatic carbocycles. The van der Waals surface area contributed by atoms with Crippen molar-refractivity contribution in [3.8, 4) is 0 Å². The van der Waals surface area contributed by atoms with E-state index in [0.717, 1.165) is 19.4 Å². The molecule has 0 spiro atoms. The number of hydrogen-bond acceptors (Lipinski definition) is 5. The van der Waals surface area contributed by atoms with Gasteiger partial charge in [-0.3, -0.25) is 9.69 Å². The van der Waals surface area contributed by atoms with Crippen molar-refractivity contribution in [2.24, 2.45) is 0 Å². The molecule has 1 unspecified atom stereocenters. The summed E-state index contributed by atoms with van der Waals surface area (Å²) in [5, 5.41) is 5.20. The number of hydrogen-bond donors (Lipinski definition) is 1. The predicted molar refractivity (Wildman–Crippen MR) is 98.9 cm³/mol. The molecule has 1 aliphatic heterocycles. The quantitative estimate of drug-likeness (QED) is 0.800. The molecule has 2 heterocycles. The number of benzene rings is 1. The van der Waals surface area contributed by atoms with Crippen LogP contribution in [0.15, 0.2) is 41.8 Å². The van der Waals surface area contributed by atoms with E-state index in [1.807, 2.05) is 18.2 Å². The molecule has 1 aliphatic rings. The highest BCUT2D eigenvalue weighted by atomic mass is 32.1. The Labute approximate surface area is 151 Å². The summed E-state index contributed by atoms with van der Waals surface area (Å²) in [6.07, 6.45) is 2.14. The topological polar surface area (TPSA) is 58.6 Å². The number of anilines is 1. The number of amides is 1. The average molecular weight is 358 g/mol. The van der Waals surface area contributed by atoms with Gasteiger partial charge >= 0.3 is 5.97 Å². The van der Waals surface area contributed by atoms with Gasteiger partial charge in [-0.05, 0) is 43.3 Å². The van der Waals surface area contributed by atoms with Crippen molar-refractivity contribution in [1.29, 1.82) is 0 Å². The number of nitrogens with one attached hydrogen (secondary N) is 1. The number of carbonyl (C=O) groups is 2. The summed E-state index contributed by atoms with van der Waals surface area (Å²) in [5.41, 5.74) is 1.66. The summed E-state index contributed by atoms with van der Waals surface area (Å²) in [6.45, 7) is 3.30. The zero-order valence-electron chi connectivity index (χ0n) is 14.2. The third kappa shape index (κ3) is 4.27. The minimum Gasteiger partial charge on any atom is -0.462 e. The van der Waals surface area contributed by atoms with Gasteiger partial charge in [-0.15, -0.1) is 11.3 Å². The summed E-state index contributed by atoms with van der Waals surface area (Å²) in [5.74, 6) is -0.502. The Balaban J connectivity index is 1.63. The van der Waals surface area contributed by atoms with Gasteiger partial charge in [-0.2, -0.15) is 0 Å². The van der Waals surface area contributed by atoms with Crippen LogP contribution in [-0.2, 0) is 9.53 Å². The fourth-order valence-electron chi connectivity index (χ4n) is 3.19. The summed E-state index contributed by atoms with van der Waals surface area (Å²) in [4.78, 5) is 26.6. The second-order valence-corrected chi connectivity index (χ2v) is 6.89. The highest BCUT2D eigenvalue weighted by Crippen LogP contribution is 2.31. The lowest BCUT2D eigenvalue weighted by Crippen LogP contribution is -2.33. The lowest BCUT2D eigenvalue weighted by atomic mass is 10.0. The fraction of sp³-hybridized carbons (Fsp3) is 0.368. The van der Waals surface area contributed by atoms with Gasteiger partial charge in [0.15, 0.2) is 0 Å². The van der Waals surface area contributed by atoms with Gasteiger partial charge < -0.3 is 10.1 Å². The summed E-state index contributed by atoms with van der Waals surface area (Å²) < 4.78 is 5.02. The second kappa shape index (κ2) is 8.27. The molecule has 1 amide bonds. The van der Waals surface area contributed by atoms with Crippen molar-refractivity contribution >= 4 is 28.2 Å². The van der Waals surface area contributed by atoms with Crippen LogP contribution in [0.4, 0.5) is 5.00 Å². The van der Waals surface area contributed by atoms with Crippen LogP contribution < -0.4 is 5.32 Å². The number of thiophene rings is 1. The smallest absolute Gasteiger partial charge is 0.341 e. The zero-order chi connectivity index (χ0) is 17.6. The van der Waals surface area contributed by atoms with Crippen molar-refractivity contribution in [1.82, 2.24) is 4.90 Å². The largest absolute Gasteiger partial charge is 0.462 e. The molecule has 5 nitrogen and oxygen atoms in total. The molecule has 25 heavy (non-hydrogen) atoms. The molecule has 1 fully saturated rings. The predicted octanol–water partition coefficient (Wildman–Crippen LogP) is 3.70. The molecule has 0 saturated carbocycles. The normalized spacial score (nSPS) is 17.4. The molecular formula is C19H22N2O3S. The Morgan fingerprint density at radius 3 is 2.84 bits per heavy atom. The molecule has 6 heteroatoms. The number of ether oxygens (including phenoxy) is 1. The third-order valence-electron chi connectivity index (χ3n) is 4.31. The average Bonchev–Trinajstić information content (AvgIpc) is 3.25. The molecule has 0 bridgehead atoms. The third-order valence-corrected chi connectivity index (χ3v) is 5.14. The molecule has 1 saturated heterocycles. The van der Waals surface area contributed by atoms with Crippen LogP contribution in [0.1, 0.15) is 41.7 Å². The van der Waals surface area contributed by atoms with E-state index in [4.69, 9.17) is 4.74 Å². The van der Waals surface area contributed by atoms with E-state index in [1.54, 1.807) is 18.4 Å². The van der Waals surface area contributed by atoms with E-state index in [-0.39, 0.29) is 11.9 Å². The number of rotatable bonds is 6. The van der Waals surface area contributed by atoms with Crippen LogP contribution in [0.25, 0.3) is 0 Å². The summed E-state index contributed by atoms with van der Waals surface area (Å²) in [7, 11) is 0. The van der Waals surface area contributed by atoms with Gasteiger partial charge in [0.05, 0.1) is 18.7 Å². The van der Waals surface area contributed by atoms with Gasteiger partial charge in [0.25, 0.3) is 0 Å². The Kier molecular flexibility index (Phi) is 5.83. The lowest BCUT2D eigenvalue weighted by Gasteiger charge is -2.24. The molecule has 1 atom stereocenters. The minimum absolute atomic E-state index is 0.101. The Morgan fingerprint density at radius 2 is 2.08 bits per heavy atom. The van der Waals surface area contributed by atoms with Crippen LogP contribution in [-0.4, -0.2) is 36.5 Å². The first-order chi connectivity index (χ1) is 12.2. The van der Waals surface area contributed by atoms with Gasteiger partial charge in [0, 0.05) is 6.04 Å². The van der Waals surface area contributed by atoms with E-state index in [0.29, 0.717) is 23.7 Å². The summed E-state index contributed by atoms with van der Waals surface area (Å²) in [6, 6.07) is 12.2. The van der Waals surface area contributed by atoms with Crippen molar-refractivity contribution in [3.63, 3.8) is 0 Å². The lowest BCUT2D eigenvalue weighted by molar-refractivity contribution is -0.117. The monoisotopic (exact) mass is 358 g/mol. The Bertz CT molecular complexity index is 729. The van der Waals surface area contributed by atoms with Gasteiger partial charge in [-0.1, -0.05) is 30.3 Å². The number of nitrogens with zero attached hydrogens (tertiary/aromatic N) is 1. The van der Waals surface area contributed by atoms with Crippen molar-refractivity contribution in [2.45, 2.75) is 25.8 Å². The van der Waals surface area contributed by atoms with Crippen LogP contribution >= 0.6 is 11.3 Å². The zero-order valence-corrected chi connectivity index (χ0v) is 15.1. The second-order valence-electron chi connectivity index (χ2n) is 5.97. The van der Waals surface area contributed by atoms with Gasteiger partial charge in [0.2, 0.25) is 5.91 Å². The van der Waals surface area contributed by atoms with Gasteiger partial charge in [0.1, 0.15) is 5.00 Å². The van der Waals surface area contributed by atoms with Crippen LogP contribution in [0.5, 0.6) is 0 Å². The van der Waals surface area contributed by atoms with Crippen LogP contribution in [0.3, 0.4) is 0 Å². The Hall–Kier alpha value is -2.18. The molecule has 0 radical (unpaired) electrons. The summed E-state index contributed by atoms with van der Waals surface area (Å²) >= 11 is 1.34. The highest BCUT2D eigenvalue weighted by molar-refractivity contribution is 7.14. The molecule has 1 aromatic carbocycles. The first-order valence-corrected chi connectivity index (χ1v) is 9.40. The fourth-order valence-corrected chi connectivity index (χ4v) is 3.99. The van der Waals surface area contributed by atoms with Crippen molar-refractivity contribution < 1.29 is 14.3 Å². The first kappa shape index (κ1) is 17.6. The molecule has 3 rings (SSSR count). The van der Waals surface area contributed by atoms with Crippen molar-refractivity contribution in [3.05, 3.63) is 52.9 Å². The molecule has 132 valence electrons. The number of esters is 1. The first-order valence-electron chi connectivity index (χ1n) is 8.52. The van der Waals surface area contributed by atoms with Crippen LogP contribution in [0.2, 0.25) is 0 Å². The van der Waals surface area contributed by atoms with E-state index < -0.39 is 5.97 Å². The molecule has 2 aromatic rings. The number of carbonyl (C=O) groups excluding carboxylic acids is 2. The minimum atomic E-state index is -0.401. The van der Waals surface area contributed by atoms with E-state index in [1.165, 1.54) is 16.9 Å². The van der Waals surface area contributed by atoms with Gasteiger partial charge in [-0.25, -0.2) is 4.79 Å². The molecular weight excluding hydrogens is 336 g/mol. The molecule has 1 N–H and O–H groups in total. The SMILES string of the molecule is CCOC(=O)c1ccsc1NC(=O)CN1CCCC1c1ccccc1. The highest BCUT2D eigenvalue weighted by Gasteiger charge is 2.27. The maximum absolute atomic E-state index is 12.5. The number of likely N-dealkylation sites (tertiary alicyclic amines) is 1. The Morgan fingerprint density at radius 1 is 1.28 bits per heavy atom. The van der Waals surface area contributed by atoms with E-state index >= 15 is 0 Å². The maximum atomic E-state index is 12.5. The standard InChI is InChI=1S/C19H22N2O3S/c1-2-24-19(23)15-10-12-25-18(15)20-17(22)13-21-11-6-9-16(21)14-7-4-3-5-8-14/h3-5,7-8,10,12,16H,2,6,9,11,13H2,1H3,(H,20,22). The van der Waals surface area contributed by atoms with Crippen LogP contribution in [0, 0.1) is 0 Å².